The third-order valence-corrected chi connectivity index (χ3v) is 7.23. The molecular formula is C19H23Cl2NO. The molecule has 1 aromatic rings. The van der Waals surface area contributed by atoms with Gasteiger partial charge in [-0.15, -0.1) is 23.2 Å². The zero-order valence-electron chi connectivity index (χ0n) is 13.6. The van der Waals surface area contributed by atoms with E-state index in [4.69, 9.17) is 23.2 Å². The van der Waals surface area contributed by atoms with E-state index in [0.29, 0.717) is 23.7 Å². The van der Waals surface area contributed by atoms with Crippen molar-refractivity contribution < 1.29 is 4.79 Å². The van der Waals surface area contributed by atoms with Gasteiger partial charge in [0.2, 0.25) is 5.91 Å². The number of benzene rings is 1. The average molecular weight is 352 g/mol. The molecule has 1 N–H and O–H groups in total. The van der Waals surface area contributed by atoms with Crippen LogP contribution >= 0.6 is 23.2 Å². The van der Waals surface area contributed by atoms with Gasteiger partial charge in [-0.1, -0.05) is 6.07 Å². The van der Waals surface area contributed by atoms with Crippen molar-refractivity contribution in [3.8, 4) is 0 Å². The Kier molecular flexibility index (Phi) is 3.70. The fraction of sp³-hybridized carbons (Fsp3) is 0.632. The van der Waals surface area contributed by atoms with E-state index in [-0.39, 0.29) is 11.8 Å². The van der Waals surface area contributed by atoms with Gasteiger partial charge < -0.3 is 5.32 Å². The Labute approximate surface area is 147 Å². The molecular weight excluding hydrogens is 329 g/mol. The van der Waals surface area contributed by atoms with Gasteiger partial charge in [0.15, 0.2) is 0 Å². The zero-order chi connectivity index (χ0) is 16.4. The van der Waals surface area contributed by atoms with Gasteiger partial charge >= 0.3 is 0 Å². The number of carbonyl (C=O) groups excluding carboxylic acids is 1. The highest BCUT2D eigenvalue weighted by Gasteiger charge is 2.65. The second kappa shape index (κ2) is 5.39. The Morgan fingerprint density at radius 1 is 1.00 bits per heavy atom. The van der Waals surface area contributed by atoms with Crippen LogP contribution in [0.5, 0.6) is 0 Å². The molecule has 0 heterocycles. The number of aryl methyl sites for hydroxylation is 2. The zero-order valence-corrected chi connectivity index (χ0v) is 15.1. The number of fused-ring (bicyclic) bond motifs is 2. The molecule has 0 spiro atoms. The maximum atomic E-state index is 12.6. The van der Waals surface area contributed by atoms with E-state index in [0.717, 1.165) is 31.4 Å². The summed E-state index contributed by atoms with van der Waals surface area (Å²) in [6.45, 7) is 4.12. The van der Waals surface area contributed by atoms with Crippen molar-refractivity contribution in [2.24, 2.45) is 29.6 Å². The Morgan fingerprint density at radius 2 is 1.52 bits per heavy atom. The molecule has 1 aromatic carbocycles. The number of hydrogen-bond donors (Lipinski definition) is 1. The number of amides is 1. The van der Waals surface area contributed by atoms with Crippen LogP contribution in [0.25, 0.3) is 0 Å². The second-order valence-electron chi connectivity index (χ2n) is 7.76. The average Bonchev–Trinajstić information content (AvgIpc) is 3.22. The van der Waals surface area contributed by atoms with Crippen LogP contribution in [-0.4, -0.2) is 10.2 Å². The minimum Gasteiger partial charge on any atom is -0.326 e. The summed E-state index contributed by atoms with van der Waals surface area (Å²) in [7, 11) is 0. The molecule has 4 rings (SSSR count). The molecule has 2 nitrogen and oxygen atoms in total. The summed E-state index contributed by atoms with van der Waals surface area (Å²) in [4.78, 5) is 12.6. The topological polar surface area (TPSA) is 29.1 Å². The lowest BCUT2D eigenvalue weighted by Crippen LogP contribution is -2.16. The lowest BCUT2D eigenvalue weighted by atomic mass is 10.0. The van der Waals surface area contributed by atoms with Gasteiger partial charge in [-0.25, -0.2) is 0 Å². The van der Waals surface area contributed by atoms with Crippen molar-refractivity contribution in [3.63, 3.8) is 0 Å². The molecule has 3 saturated carbocycles. The Morgan fingerprint density at radius 3 is 2.04 bits per heavy atom. The van der Waals surface area contributed by atoms with Crippen LogP contribution in [0.15, 0.2) is 18.2 Å². The van der Waals surface area contributed by atoms with Gasteiger partial charge in [-0.05, 0) is 86.5 Å². The number of nitrogens with one attached hydrogen (secondary N) is 1. The van der Waals surface area contributed by atoms with Gasteiger partial charge in [-0.2, -0.15) is 0 Å². The summed E-state index contributed by atoms with van der Waals surface area (Å²) in [6.07, 6.45) is 4.34. The molecule has 0 aromatic heterocycles. The first-order valence-corrected chi connectivity index (χ1v) is 9.40. The molecule has 4 heteroatoms. The van der Waals surface area contributed by atoms with Crippen LogP contribution in [0, 0.1) is 43.4 Å². The van der Waals surface area contributed by atoms with E-state index in [1.807, 2.05) is 12.1 Å². The van der Waals surface area contributed by atoms with Crippen LogP contribution in [-0.2, 0) is 4.79 Å². The van der Waals surface area contributed by atoms with Crippen molar-refractivity contribution in [1.29, 1.82) is 0 Å². The molecule has 124 valence electrons. The molecule has 3 aliphatic carbocycles. The summed E-state index contributed by atoms with van der Waals surface area (Å²) in [6, 6.07) is 6.21. The summed E-state index contributed by atoms with van der Waals surface area (Å²) < 4.78 is -0.479. The second-order valence-corrected chi connectivity index (χ2v) is 9.21. The van der Waals surface area contributed by atoms with Crippen molar-refractivity contribution in [2.75, 3.05) is 5.32 Å². The van der Waals surface area contributed by atoms with Crippen LogP contribution in [0.4, 0.5) is 5.69 Å². The van der Waals surface area contributed by atoms with Crippen molar-refractivity contribution in [2.45, 2.75) is 43.9 Å². The SMILES string of the molecule is Cc1cc(C)cc(NC(=O)C2[C@H]3CC[C@@H]4[C@H](CC[C@@H]23)C4(Cl)Cl)c1. The van der Waals surface area contributed by atoms with Gasteiger partial charge in [0.1, 0.15) is 4.33 Å². The highest BCUT2D eigenvalue weighted by Crippen LogP contribution is 2.67. The molecule has 5 atom stereocenters. The molecule has 0 saturated heterocycles. The Hall–Kier alpha value is -0.730. The molecule has 3 aliphatic rings. The largest absolute Gasteiger partial charge is 0.326 e. The fourth-order valence-electron chi connectivity index (χ4n) is 4.89. The van der Waals surface area contributed by atoms with E-state index < -0.39 is 4.33 Å². The number of alkyl halides is 2. The molecule has 3 fully saturated rings. The first-order chi connectivity index (χ1) is 10.9. The smallest absolute Gasteiger partial charge is 0.228 e. The monoisotopic (exact) mass is 351 g/mol. The molecule has 0 aliphatic heterocycles. The number of halogens is 2. The summed E-state index contributed by atoms with van der Waals surface area (Å²) >= 11 is 12.7. The number of rotatable bonds is 2. The highest BCUT2D eigenvalue weighted by atomic mass is 35.5. The Bertz CT molecular complexity index is 615. The van der Waals surface area contributed by atoms with Crippen molar-refractivity contribution >= 4 is 34.8 Å². The standard InChI is InChI=1S/C19H23Cl2NO/c1-10-7-11(2)9-12(8-10)22-18(23)17-13-3-5-15-16(19(15,20)21)6-4-14(13)17/h7-9,13-17H,3-6H2,1-2H3,(H,22,23)/t13-,14+,15+,16-,17?. The van der Waals surface area contributed by atoms with Crippen molar-refractivity contribution in [3.05, 3.63) is 29.3 Å². The first kappa shape index (κ1) is 15.8. The predicted molar refractivity (Wildman–Crippen MR) is 94.9 cm³/mol. The maximum Gasteiger partial charge on any atom is 0.228 e. The van der Waals surface area contributed by atoms with Gasteiger partial charge in [0.25, 0.3) is 0 Å². The Balaban J connectivity index is 1.40. The minimum absolute atomic E-state index is 0.188. The van der Waals surface area contributed by atoms with Gasteiger partial charge in [-0.3, -0.25) is 4.79 Å². The lowest BCUT2D eigenvalue weighted by Gasteiger charge is -2.07. The summed E-state index contributed by atoms with van der Waals surface area (Å²) in [5.41, 5.74) is 3.29. The molecule has 0 bridgehead atoms. The summed E-state index contributed by atoms with van der Waals surface area (Å²) in [5, 5.41) is 3.13. The van der Waals surface area contributed by atoms with Crippen LogP contribution in [0.1, 0.15) is 36.8 Å². The van der Waals surface area contributed by atoms with Crippen LogP contribution in [0.2, 0.25) is 0 Å². The van der Waals surface area contributed by atoms with E-state index >= 15 is 0 Å². The molecule has 1 unspecified atom stereocenters. The van der Waals surface area contributed by atoms with E-state index in [1.54, 1.807) is 0 Å². The predicted octanol–water partition coefficient (Wildman–Crippen LogP) is 5.10. The molecule has 0 radical (unpaired) electrons. The highest BCUT2D eigenvalue weighted by molar-refractivity contribution is 6.51. The lowest BCUT2D eigenvalue weighted by molar-refractivity contribution is -0.117. The quantitative estimate of drug-likeness (QED) is 0.738. The fourth-order valence-corrected chi connectivity index (χ4v) is 5.80. The van der Waals surface area contributed by atoms with Gasteiger partial charge in [0.05, 0.1) is 0 Å². The van der Waals surface area contributed by atoms with Crippen molar-refractivity contribution in [1.82, 2.24) is 0 Å². The van der Waals surface area contributed by atoms with E-state index in [9.17, 15) is 4.79 Å². The van der Waals surface area contributed by atoms with E-state index in [1.165, 1.54) is 11.1 Å². The molecule has 23 heavy (non-hydrogen) atoms. The van der Waals surface area contributed by atoms with E-state index in [2.05, 4.69) is 25.2 Å². The molecule has 1 amide bonds. The number of carbonyl (C=O) groups is 1. The van der Waals surface area contributed by atoms with Crippen LogP contribution < -0.4 is 5.32 Å². The summed E-state index contributed by atoms with van der Waals surface area (Å²) in [5.74, 6) is 2.36. The maximum absolute atomic E-state index is 12.6. The number of hydrogen-bond acceptors (Lipinski definition) is 1. The third-order valence-electron chi connectivity index (χ3n) is 6.11. The van der Waals surface area contributed by atoms with Gasteiger partial charge in [0, 0.05) is 11.6 Å². The first-order valence-electron chi connectivity index (χ1n) is 8.65. The number of anilines is 1. The minimum atomic E-state index is -0.479. The normalized spacial score (nSPS) is 37.0. The third kappa shape index (κ3) is 2.78. The van der Waals surface area contributed by atoms with Crippen LogP contribution in [0.3, 0.4) is 0 Å².